The van der Waals surface area contributed by atoms with Crippen LogP contribution in [-0.2, 0) is 9.53 Å². The molecule has 4 aliphatic carbocycles. The van der Waals surface area contributed by atoms with Crippen LogP contribution in [-0.4, -0.2) is 19.1 Å². The van der Waals surface area contributed by atoms with Gasteiger partial charge in [0.1, 0.15) is 0 Å². The molecule has 15 heavy (non-hydrogen) atoms. The molecule has 4 aliphatic rings. The van der Waals surface area contributed by atoms with Crippen LogP contribution in [0.25, 0.3) is 0 Å². The quantitative estimate of drug-likeness (QED) is 0.713. The van der Waals surface area contributed by atoms with Crippen LogP contribution in [0.3, 0.4) is 0 Å². The van der Waals surface area contributed by atoms with Crippen LogP contribution in [0.4, 0.5) is 0 Å². The first-order valence-electron chi connectivity index (χ1n) is 6.05. The summed E-state index contributed by atoms with van der Waals surface area (Å²) in [6.07, 6.45) is 4.45. The lowest BCUT2D eigenvalue weighted by Gasteiger charge is -2.37. The maximum atomic E-state index is 12.1. The van der Waals surface area contributed by atoms with Crippen molar-refractivity contribution in [2.45, 2.75) is 32.6 Å². The molecule has 4 bridgehead atoms. The van der Waals surface area contributed by atoms with E-state index in [1.54, 1.807) is 0 Å². The van der Waals surface area contributed by atoms with Gasteiger partial charge in [-0.2, -0.15) is 0 Å². The van der Waals surface area contributed by atoms with Crippen molar-refractivity contribution < 1.29 is 9.53 Å². The SMILES string of the molecule is CCOC(=O)C12CC3CC1(CN)CC3C2. The first kappa shape index (κ1) is 9.64. The Morgan fingerprint density at radius 1 is 1.33 bits per heavy atom. The second-order valence-corrected chi connectivity index (χ2v) is 5.62. The Bertz CT molecular complexity index is 299. The van der Waals surface area contributed by atoms with E-state index in [1.807, 2.05) is 6.92 Å². The van der Waals surface area contributed by atoms with Gasteiger partial charge in [-0.3, -0.25) is 4.79 Å². The molecule has 2 atom stereocenters. The molecule has 2 unspecified atom stereocenters. The van der Waals surface area contributed by atoms with Crippen molar-refractivity contribution in [3.05, 3.63) is 0 Å². The van der Waals surface area contributed by atoms with E-state index in [2.05, 4.69) is 0 Å². The lowest BCUT2D eigenvalue weighted by molar-refractivity contribution is -0.160. The van der Waals surface area contributed by atoms with Crippen molar-refractivity contribution in [1.29, 1.82) is 0 Å². The zero-order valence-corrected chi connectivity index (χ0v) is 9.29. The fraction of sp³-hybridized carbons (Fsp3) is 0.917. The maximum Gasteiger partial charge on any atom is 0.312 e. The Labute approximate surface area is 90.4 Å². The first-order chi connectivity index (χ1) is 7.17. The smallest absolute Gasteiger partial charge is 0.312 e. The lowest BCUT2D eigenvalue weighted by atomic mass is 9.68. The minimum atomic E-state index is -0.187. The fourth-order valence-corrected chi connectivity index (χ4v) is 4.71. The largest absolute Gasteiger partial charge is 0.466 e. The van der Waals surface area contributed by atoms with E-state index in [4.69, 9.17) is 10.5 Å². The van der Waals surface area contributed by atoms with E-state index in [9.17, 15) is 4.79 Å². The minimum Gasteiger partial charge on any atom is -0.466 e. The van der Waals surface area contributed by atoms with Crippen molar-refractivity contribution in [1.82, 2.24) is 0 Å². The number of esters is 1. The van der Waals surface area contributed by atoms with Crippen molar-refractivity contribution in [2.24, 2.45) is 28.4 Å². The van der Waals surface area contributed by atoms with Gasteiger partial charge in [-0.05, 0) is 56.4 Å². The standard InChI is InChI=1S/C12H19NO2/c1-2-15-10(14)12-5-8-3-11(12,7-13)4-9(8)6-12/h8-9H,2-7,13H2,1H3. The molecule has 0 spiro atoms. The average molecular weight is 209 g/mol. The predicted molar refractivity (Wildman–Crippen MR) is 56.0 cm³/mol. The number of carbonyl (C=O) groups excluding carboxylic acids is 1. The lowest BCUT2D eigenvalue weighted by Crippen LogP contribution is -2.45. The van der Waals surface area contributed by atoms with Crippen molar-refractivity contribution >= 4 is 5.97 Å². The molecular formula is C12H19NO2. The highest BCUT2D eigenvalue weighted by atomic mass is 16.5. The molecule has 4 rings (SSSR count). The van der Waals surface area contributed by atoms with Crippen LogP contribution in [0.1, 0.15) is 32.6 Å². The highest BCUT2D eigenvalue weighted by Gasteiger charge is 2.74. The summed E-state index contributed by atoms with van der Waals surface area (Å²) < 4.78 is 5.28. The van der Waals surface area contributed by atoms with Gasteiger partial charge < -0.3 is 10.5 Å². The van der Waals surface area contributed by atoms with E-state index in [0.29, 0.717) is 13.2 Å². The predicted octanol–water partition coefficient (Wildman–Crippen LogP) is 1.31. The zero-order chi connectivity index (χ0) is 10.7. The van der Waals surface area contributed by atoms with Gasteiger partial charge in [-0.1, -0.05) is 0 Å². The molecular weight excluding hydrogens is 190 g/mol. The second kappa shape index (κ2) is 2.76. The summed E-state index contributed by atoms with van der Waals surface area (Å²) in [7, 11) is 0. The molecule has 0 amide bonds. The van der Waals surface area contributed by atoms with E-state index >= 15 is 0 Å². The molecule has 0 saturated heterocycles. The molecule has 0 aromatic carbocycles. The van der Waals surface area contributed by atoms with Crippen LogP contribution in [0.2, 0.25) is 0 Å². The Hall–Kier alpha value is -0.570. The number of hydrogen-bond acceptors (Lipinski definition) is 3. The molecule has 84 valence electrons. The number of carbonyl (C=O) groups is 1. The maximum absolute atomic E-state index is 12.1. The molecule has 0 aromatic rings. The number of hydrogen-bond donors (Lipinski definition) is 1. The van der Waals surface area contributed by atoms with Gasteiger partial charge in [0, 0.05) is 0 Å². The molecule has 3 nitrogen and oxygen atoms in total. The van der Waals surface area contributed by atoms with Gasteiger partial charge >= 0.3 is 5.97 Å². The Balaban J connectivity index is 1.96. The molecule has 0 aromatic heterocycles. The fourth-order valence-electron chi connectivity index (χ4n) is 4.71. The van der Waals surface area contributed by atoms with Crippen LogP contribution >= 0.6 is 0 Å². The number of ether oxygens (including phenoxy) is 1. The van der Waals surface area contributed by atoms with Gasteiger partial charge in [-0.25, -0.2) is 0 Å². The second-order valence-electron chi connectivity index (χ2n) is 5.62. The molecule has 3 heteroatoms. The zero-order valence-electron chi connectivity index (χ0n) is 9.29. The molecule has 0 aliphatic heterocycles. The Morgan fingerprint density at radius 2 is 1.93 bits per heavy atom. The van der Waals surface area contributed by atoms with Crippen LogP contribution in [0.15, 0.2) is 0 Å². The topological polar surface area (TPSA) is 52.3 Å². The van der Waals surface area contributed by atoms with Gasteiger partial charge in [0.05, 0.1) is 12.0 Å². The highest BCUT2D eigenvalue weighted by Crippen LogP contribution is 2.76. The third kappa shape index (κ3) is 0.889. The van der Waals surface area contributed by atoms with E-state index in [-0.39, 0.29) is 16.8 Å². The van der Waals surface area contributed by atoms with E-state index < -0.39 is 0 Å². The molecule has 0 heterocycles. The summed E-state index contributed by atoms with van der Waals surface area (Å²) in [6.45, 7) is 3.05. The highest BCUT2D eigenvalue weighted by molar-refractivity contribution is 5.80. The summed E-state index contributed by atoms with van der Waals surface area (Å²) in [5.41, 5.74) is 5.85. The van der Waals surface area contributed by atoms with E-state index in [0.717, 1.165) is 24.7 Å². The third-order valence-corrected chi connectivity index (χ3v) is 5.27. The number of nitrogens with two attached hydrogens (primary N) is 1. The third-order valence-electron chi connectivity index (χ3n) is 5.27. The molecule has 4 fully saturated rings. The van der Waals surface area contributed by atoms with Gasteiger partial charge in [0.25, 0.3) is 0 Å². The van der Waals surface area contributed by atoms with E-state index in [1.165, 1.54) is 12.8 Å². The normalized spacial score (nSPS) is 50.3. The molecule has 4 saturated carbocycles. The first-order valence-corrected chi connectivity index (χ1v) is 6.05. The van der Waals surface area contributed by atoms with Crippen molar-refractivity contribution in [3.8, 4) is 0 Å². The average Bonchev–Trinajstić information content (AvgIpc) is 2.87. The Morgan fingerprint density at radius 3 is 2.40 bits per heavy atom. The van der Waals surface area contributed by atoms with Gasteiger partial charge in [0.15, 0.2) is 0 Å². The summed E-state index contributed by atoms with van der Waals surface area (Å²) in [6, 6.07) is 0. The van der Waals surface area contributed by atoms with Crippen LogP contribution in [0.5, 0.6) is 0 Å². The summed E-state index contributed by atoms with van der Waals surface area (Å²) >= 11 is 0. The Kier molecular flexibility index (Phi) is 1.77. The summed E-state index contributed by atoms with van der Waals surface area (Å²) in [4.78, 5) is 12.1. The van der Waals surface area contributed by atoms with Crippen molar-refractivity contribution in [2.75, 3.05) is 13.2 Å². The van der Waals surface area contributed by atoms with Gasteiger partial charge in [0.2, 0.25) is 0 Å². The molecule has 2 N–H and O–H groups in total. The van der Waals surface area contributed by atoms with Crippen molar-refractivity contribution in [3.63, 3.8) is 0 Å². The monoisotopic (exact) mass is 209 g/mol. The number of rotatable bonds is 3. The summed E-state index contributed by atoms with van der Waals surface area (Å²) in [5, 5.41) is 0. The van der Waals surface area contributed by atoms with Crippen LogP contribution in [0, 0.1) is 22.7 Å². The minimum absolute atomic E-state index is 0.0398. The van der Waals surface area contributed by atoms with Gasteiger partial charge in [-0.15, -0.1) is 0 Å². The van der Waals surface area contributed by atoms with Crippen LogP contribution < -0.4 is 5.73 Å². The summed E-state index contributed by atoms with van der Waals surface area (Å²) in [5.74, 6) is 1.56. The molecule has 0 radical (unpaired) electrons.